The van der Waals surface area contributed by atoms with Gasteiger partial charge in [-0.3, -0.25) is 10.1 Å². The Labute approximate surface area is 133 Å². The molecule has 0 fully saturated rings. The third-order valence-corrected chi connectivity index (χ3v) is 4.80. The van der Waals surface area contributed by atoms with Crippen molar-refractivity contribution in [2.24, 2.45) is 0 Å². The number of hydrogen-bond acceptors (Lipinski definition) is 7. The summed E-state index contributed by atoms with van der Waals surface area (Å²) in [6.07, 6.45) is 0. The molecule has 3 aromatic rings. The van der Waals surface area contributed by atoms with Gasteiger partial charge in [-0.25, -0.2) is 4.68 Å². The second kappa shape index (κ2) is 6.16. The van der Waals surface area contributed by atoms with Gasteiger partial charge in [0.15, 0.2) is 5.82 Å². The van der Waals surface area contributed by atoms with Gasteiger partial charge in [-0.2, -0.15) is 0 Å². The minimum atomic E-state index is -0.416. The molecular formula is C13H11N5O2S2. The summed E-state index contributed by atoms with van der Waals surface area (Å²) < 4.78 is 1.46. The summed E-state index contributed by atoms with van der Waals surface area (Å²) in [7, 11) is 0. The zero-order chi connectivity index (χ0) is 15.5. The minimum absolute atomic E-state index is 0.0794. The molecule has 0 saturated heterocycles. The number of thiophene rings is 1. The summed E-state index contributed by atoms with van der Waals surface area (Å²) >= 11 is 2.98. The lowest BCUT2D eigenvalue weighted by molar-refractivity contribution is -0.384. The van der Waals surface area contributed by atoms with E-state index >= 15 is 0 Å². The zero-order valence-corrected chi connectivity index (χ0v) is 12.9. The van der Waals surface area contributed by atoms with Crippen molar-refractivity contribution in [2.45, 2.75) is 10.9 Å². The topological polar surface area (TPSA) is 99.9 Å². The minimum Gasteiger partial charge on any atom is -0.335 e. The fraction of sp³-hybridized carbons (Fsp3) is 0.0769. The van der Waals surface area contributed by atoms with Crippen LogP contribution in [0.4, 0.5) is 5.69 Å². The summed E-state index contributed by atoms with van der Waals surface area (Å²) in [6.45, 7) is 0. The van der Waals surface area contributed by atoms with Crippen LogP contribution < -0.4 is 5.84 Å². The van der Waals surface area contributed by atoms with E-state index in [-0.39, 0.29) is 5.69 Å². The van der Waals surface area contributed by atoms with Crippen LogP contribution in [-0.2, 0) is 5.75 Å². The second-order valence-corrected chi connectivity index (χ2v) is 6.26. The van der Waals surface area contributed by atoms with Gasteiger partial charge in [-0.1, -0.05) is 30.0 Å². The standard InChI is InChI=1S/C13H11N5O2S2/c14-17-12(11-2-1-7-21-11)15-16-13(17)22-8-9-3-5-10(6-4-9)18(19)20/h1-7H,8,14H2. The van der Waals surface area contributed by atoms with Crippen LogP contribution in [0.25, 0.3) is 10.7 Å². The van der Waals surface area contributed by atoms with Crippen molar-refractivity contribution in [3.63, 3.8) is 0 Å². The molecule has 0 aliphatic carbocycles. The molecular weight excluding hydrogens is 322 g/mol. The summed E-state index contributed by atoms with van der Waals surface area (Å²) in [5, 5.41) is 21.3. The van der Waals surface area contributed by atoms with Crippen molar-refractivity contribution < 1.29 is 4.92 Å². The van der Waals surface area contributed by atoms with Gasteiger partial charge in [0.1, 0.15) is 0 Å². The summed E-state index contributed by atoms with van der Waals surface area (Å²) in [4.78, 5) is 11.2. The van der Waals surface area contributed by atoms with Gasteiger partial charge in [0.05, 0.1) is 9.80 Å². The van der Waals surface area contributed by atoms with E-state index in [9.17, 15) is 10.1 Å². The summed E-state index contributed by atoms with van der Waals surface area (Å²) in [5.74, 6) is 7.25. The molecule has 0 unspecified atom stereocenters. The molecule has 0 radical (unpaired) electrons. The van der Waals surface area contributed by atoms with E-state index in [1.165, 1.54) is 28.6 Å². The molecule has 2 aromatic heterocycles. The fourth-order valence-electron chi connectivity index (χ4n) is 1.81. The molecule has 2 heterocycles. The average molecular weight is 333 g/mol. The predicted molar refractivity (Wildman–Crippen MR) is 86.1 cm³/mol. The van der Waals surface area contributed by atoms with Crippen LogP contribution in [0.15, 0.2) is 46.9 Å². The summed E-state index contributed by atoms with van der Waals surface area (Å²) in [5.41, 5.74) is 1.03. The lowest BCUT2D eigenvalue weighted by atomic mass is 10.2. The molecule has 0 spiro atoms. The quantitative estimate of drug-likeness (QED) is 0.333. The normalized spacial score (nSPS) is 10.7. The van der Waals surface area contributed by atoms with E-state index in [0.29, 0.717) is 16.7 Å². The zero-order valence-electron chi connectivity index (χ0n) is 11.2. The Hall–Kier alpha value is -2.39. The maximum atomic E-state index is 10.6. The lowest BCUT2D eigenvalue weighted by Gasteiger charge is -2.02. The van der Waals surface area contributed by atoms with E-state index < -0.39 is 4.92 Å². The van der Waals surface area contributed by atoms with Crippen molar-refractivity contribution in [3.05, 3.63) is 57.5 Å². The highest BCUT2D eigenvalue weighted by Crippen LogP contribution is 2.27. The Morgan fingerprint density at radius 3 is 2.68 bits per heavy atom. The fourth-order valence-corrected chi connectivity index (χ4v) is 3.33. The van der Waals surface area contributed by atoms with Gasteiger partial charge in [-0.05, 0) is 17.0 Å². The Balaban J connectivity index is 1.70. The second-order valence-electron chi connectivity index (χ2n) is 4.37. The molecule has 22 heavy (non-hydrogen) atoms. The number of thioether (sulfide) groups is 1. The first kappa shape index (κ1) is 14.5. The maximum Gasteiger partial charge on any atom is 0.269 e. The number of nitro benzene ring substituents is 1. The lowest BCUT2D eigenvalue weighted by Crippen LogP contribution is -2.11. The Bertz CT molecular complexity index is 783. The number of rotatable bonds is 5. The molecule has 3 rings (SSSR count). The molecule has 1 aromatic carbocycles. The highest BCUT2D eigenvalue weighted by molar-refractivity contribution is 7.98. The maximum absolute atomic E-state index is 10.6. The average Bonchev–Trinajstić information content (AvgIpc) is 3.15. The van der Waals surface area contributed by atoms with Gasteiger partial charge in [0.25, 0.3) is 5.69 Å². The smallest absolute Gasteiger partial charge is 0.269 e. The number of hydrogen-bond donors (Lipinski definition) is 1. The van der Waals surface area contributed by atoms with Crippen LogP contribution in [0.5, 0.6) is 0 Å². The SMILES string of the molecule is Nn1c(SCc2ccc([N+](=O)[O-])cc2)nnc1-c1cccs1. The Morgan fingerprint density at radius 1 is 1.27 bits per heavy atom. The van der Waals surface area contributed by atoms with E-state index in [2.05, 4.69) is 10.2 Å². The third-order valence-electron chi connectivity index (χ3n) is 2.92. The molecule has 112 valence electrons. The monoisotopic (exact) mass is 333 g/mol. The number of nitro groups is 1. The van der Waals surface area contributed by atoms with Gasteiger partial charge in [0.2, 0.25) is 5.16 Å². The van der Waals surface area contributed by atoms with Crippen LogP contribution >= 0.6 is 23.1 Å². The number of nitrogens with zero attached hydrogens (tertiary/aromatic N) is 4. The molecule has 0 bridgehead atoms. The summed E-state index contributed by atoms with van der Waals surface area (Å²) in [6, 6.07) is 10.3. The van der Waals surface area contributed by atoms with Crippen LogP contribution in [0, 0.1) is 10.1 Å². The van der Waals surface area contributed by atoms with Crippen molar-refractivity contribution in [3.8, 4) is 10.7 Å². The van der Waals surface area contributed by atoms with Crippen LogP contribution in [0.2, 0.25) is 0 Å². The first-order valence-corrected chi connectivity index (χ1v) is 8.12. The van der Waals surface area contributed by atoms with E-state index in [0.717, 1.165) is 10.4 Å². The highest BCUT2D eigenvalue weighted by Gasteiger charge is 2.13. The Kier molecular flexibility index (Phi) is 4.07. The predicted octanol–water partition coefficient (Wildman–Crippen LogP) is 2.92. The van der Waals surface area contributed by atoms with Gasteiger partial charge in [0, 0.05) is 17.9 Å². The molecule has 2 N–H and O–H groups in total. The molecule has 0 amide bonds. The van der Waals surface area contributed by atoms with Gasteiger partial charge < -0.3 is 5.84 Å². The third kappa shape index (κ3) is 2.95. The first-order chi connectivity index (χ1) is 10.6. The highest BCUT2D eigenvalue weighted by atomic mass is 32.2. The number of benzene rings is 1. The number of aromatic nitrogens is 3. The van der Waals surface area contributed by atoms with Gasteiger partial charge in [-0.15, -0.1) is 21.5 Å². The molecule has 0 aliphatic heterocycles. The largest absolute Gasteiger partial charge is 0.335 e. The molecule has 9 heteroatoms. The molecule has 0 aliphatic rings. The van der Waals surface area contributed by atoms with E-state index in [4.69, 9.17) is 5.84 Å². The van der Waals surface area contributed by atoms with Crippen LogP contribution in [-0.4, -0.2) is 19.8 Å². The first-order valence-electron chi connectivity index (χ1n) is 6.25. The van der Waals surface area contributed by atoms with Crippen molar-refractivity contribution >= 4 is 28.8 Å². The number of non-ortho nitro benzene ring substituents is 1. The molecule has 7 nitrogen and oxygen atoms in total. The number of nitrogen functional groups attached to an aromatic ring is 1. The number of nitrogens with two attached hydrogens (primary N) is 1. The molecule has 0 atom stereocenters. The van der Waals surface area contributed by atoms with Crippen molar-refractivity contribution in [1.82, 2.24) is 14.9 Å². The van der Waals surface area contributed by atoms with Crippen molar-refractivity contribution in [2.75, 3.05) is 5.84 Å². The van der Waals surface area contributed by atoms with Crippen LogP contribution in [0.1, 0.15) is 5.56 Å². The van der Waals surface area contributed by atoms with E-state index in [1.54, 1.807) is 23.5 Å². The van der Waals surface area contributed by atoms with Crippen LogP contribution in [0.3, 0.4) is 0 Å². The molecule has 0 saturated carbocycles. The van der Waals surface area contributed by atoms with Crippen molar-refractivity contribution in [1.29, 1.82) is 0 Å². The van der Waals surface area contributed by atoms with Gasteiger partial charge >= 0.3 is 0 Å². The Morgan fingerprint density at radius 2 is 2.05 bits per heavy atom. The van der Waals surface area contributed by atoms with E-state index in [1.807, 2.05) is 17.5 Å².